The van der Waals surface area contributed by atoms with Gasteiger partial charge in [-0.05, 0) is 44.4 Å². The highest BCUT2D eigenvalue weighted by atomic mass is 16.5. The van der Waals surface area contributed by atoms with Gasteiger partial charge in [0.2, 0.25) is 0 Å². The predicted octanol–water partition coefficient (Wildman–Crippen LogP) is 4.66. The van der Waals surface area contributed by atoms with Crippen molar-refractivity contribution in [3.63, 3.8) is 0 Å². The molecule has 1 amide bonds. The third kappa shape index (κ3) is 6.39. The van der Waals surface area contributed by atoms with Crippen molar-refractivity contribution in [2.45, 2.75) is 65.4 Å². The summed E-state index contributed by atoms with van der Waals surface area (Å²) in [5.41, 5.74) is -0.0229. The van der Waals surface area contributed by atoms with Crippen LogP contribution in [0.5, 0.6) is 5.75 Å². The van der Waals surface area contributed by atoms with Crippen molar-refractivity contribution in [2.24, 2.45) is 0 Å². The monoisotopic (exact) mass is 346 g/mol. The summed E-state index contributed by atoms with van der Waals surface area (Å²) in [5.74, 6) is 0.417. The second-order valence-electron chi connectivity index (χ2n) is 6.30. The Labute approximate surface area is 151 Å². The molecule has 25 heavy (non-hydrogen) atoms. The number of amides is 1. The zero-order valence-electron chi connectivity index (χ0n) is 15.9. The van der Waals surface area contributed by atoms with Crippen LogP contribution < -0.4 is 10.1 Å². The van der Waals surface area contributed by atoms with Gasteiger partial charge in [0.25, 0.3) is 5.91 Å². The van der Waals surface area contributed by atoms with Gasteiger partial charge in [0.1, 0.15) is 17.4 Å². The maximum atomic E-state index is 12.8. The first kappa shape index (κ1) is 21.0. The summed E-state index contributed by atoms with van der Waals surface area (Å²) >= 11 is 0. The Morgan fingerprint density at radius 2 is 1.92 bits per heavy atom. The van der Waals surface area contributed by atoms with Gasteiger partial charge in [-0.2, -0.15) is 5.26 Å². The molecule has 0 unspecified atom stereocenters. The van der Waals surface area contributed by atoms with Crippen LogP contribution in [0.1, 0.15) is 65.4 Å². The van der Waals surface area contributed by atoms with Crippen LogP contribution >= 0.6 is 0 Å². The lowest BCUT2D eigenvalue weighted by Gasteiger charge is -2.29. The molecule has 0 saturated heterocycles. The highest BCUT2D eigenvalue weighted by Gasteiger charge is 2.33. The van der Waals surface area contributed by atoms with E-state index in [0.29, 0.717) is 36.6 Å². The number of rotatable bonds is 11. The Hall–Kier alpha value is -2.06. The lowest BCUT2D eigenvalue weighted by Crippen LogP contribution is -2.43. The molecule has 0 aliphatic carbocycles. The summed E-state index contributed by atoms with van der Waals surface area (Å²) in [6, 6.07) is 7.25. The van der Waals surface area contributed by atoms with Crippen molar-refractivity contribution in [2.75, 3.05) is 18.5 Å². The molecule has 0 saturated carbocycles. The second-order valence-corrected chi connectivity index (χ2v) is 6.30. The minimum atomic E-state index is -0.893. The molecule has 0 bridgehead atoms. The highest BCUT2D eigenvalue weighted by Crippen LogP contribution is 2.26. The molecule has 5 heteroatoms. The topological polar surface area (TPSA) is 71.3 Å². The largest absolute Gasteiger partial charge is 0.494 e. The molecule has 0 aliphatic heterocycles. The third-order valence-electron chi connectivity index (χ3n) is 3.95. The van der Waals surface area contributed by atoms with Crippen LogP contribution in [0.25, 0.3) is 0 Å². The van der Waals surface area contributed by atoms with E-state index in [1.807, 2.05) is 20.8 Å². The van der Waals surface area contributed by atoms with E-state index in [4.69, 9.17) is 9.47 Å². The Kier molecular flexibility index (Phi) is 9.01. The lowest BCUT2D eigenvalue weighted by molar-refractivity contribution is -0.140. The SMILES string of the molecule is CCCC[C@@](C)(OCCC)C(=O)Nc1ccc(OCCC)cc1C#N. The summed E-state index contributed by atoms with van der Waals surface area (Å²) in [7, 11) is 0. The molecular weight excluding hydrogens is 316 g/mol. The molecule has 138 valence electrons. The van der Waals surface area contributed by atoms with E-state index >= 15 is 0 Å². The number of unbranched alkanes of at least 4 members (excludes halogenated alkanes) is 1. The summed E-state index contributed by atoms with van der Waals surface area (Å²) in [4.78, 5) is 12.8. The number of hydrogen-bond acceptors (Lipinski definition) is 4. The fourth-order valence-corrected chi connectivity index (χ4v) is 2.38. The standard InChI is InChI=1S/C20H30N2O3/c1-5-8-11-20(4,25-13-7-3)19(23)22-18-10-9-17(24-12-6-2)14-16(18)15-21/h9-10,14H,5-8,11-13H2,1-4H3,(H,22,23)/t20-/m1/s1. The summed E-state index contributed by atoms with van der Waals surface area (Å²) in [5, 5.41) is 12.2. The Morgan fingerprint density at radius 3 is 2.52 bits per heavy atom. The molecule has 1 aromatic rings. The summed E-state index contributed by atoms with van der Waals surface area (Å²) in [6.45, 7) is 9.06. The van der Waals surface area contributed by atoms with Crippen molar-refractivity contribution in [3.8, 4) is 11.8 Å². The van der Waals surface area contributed by atoms with E-state index in [0.717, 1.165) is 25.7 Å². The van der Waals surface area contributed by atoms with Gasteiger partial charge in [-0.25, -0.2) is 0 Å². The number of nitrogens with zero attached hydrogens (tertiary/aromatic N) is 1. The fourth-order valence-electron chi connectivity index (χ4n) is 2.38. The van der Waals surface area contributed by atoms with Gasteiger partial charge in [-0.1, -0.05) is 33.6 Å². The van der Waals surface area contributed by atoms with Crippen molar-refractivity contribution < 1.29 is 14.3 Å². The molecule has 1 rings (SSSR count). The van der Waals surface area contributed by atoms with Gasteiger partial charge >= 0.3 is 0 Å². The molecule has 5 nitrogen and oxygen atoms in total. The number of carbonyl (C=O) groups is 1. The normalized spacial score (nSPS) is 12.9. The summed E-state index contributed by atoms with van der Waals surface area (Å²) in [6.07, 6.45) is 4.29. The van der Waals surface area contributed by atoms with Gasteiger partial charge in [0, 0.05) is 6.61 Å². The van der Waals surface area contributed by atoms with Crippen LogP contribution in [0.2, 0.25) is 0 Å². The van der Waals surface area contributed by atoms with Crippen molar-refractivity contribution >= 4 is 11.6 Å². The van der Waals surface area contributed by atoms with Crippen LogP contribution in [-0.2, 0) is 9.53 Å². The molecule has 0 heterocycles. The quantitative estimate of drug-likeness (QED) is 0.632. The van der Waals surface area contributed by atoms with Crippen molar-refractivity contribution in [1.82, 2.24) is 0 Å². The van der Waals surface area contributed by atoms with E-state index in [2.05, 4.69) is 18.3 Å². The molecule has 0 fully saturated rings. The van der Waals surface area contributed by atoms with Crippen LogP contribution in [0, 0.1) is 11.3 Å². The number of carbonyl (C=O) groups excluding carboxylic acids is 1. The zero-order chi connectivity index (χ0) is 18.7. The van der Waals surface area contributed by atoms with Crippen LogP contribution in [0.4, 0.5) is 5.69 Å². The maximum absolute atomic E-state index is 12.8. The molecule has 0 aliphatic rings. The smallest absolute Gasteiger partial charge is 0.256 e. The number of nitrogens with one attached hydrogen (secondary N) is 1. The van der Waals surface area contributed by atoms with Crippen LogP contribution in [0.3, 0.4) is 0 Å². The van der Waals surface area contributed by atoms with Gasteiger partial charge in [-0.15, -0.1) is 0 Å². The van der Waals surface area contributed by atoms with Crippen LogP contribution in [0.15, 0.2) is 18.2 Å². The minimum absolute atomic E-state index is 0.215. The number of nitriles is 1. The molecule has 0 radical (unpaired) electrons. The maximum Gasteiger partial charge on any atom is 0.256 e. The first-order chi connectivity index (χ1) is 12.0. The third-order valence-corrected chi connectivity index (χ3v) is 3.95. The van der Waals surface area contributed by atoms with Crippen LogP contribution in [-0.4, -0.2) is 24.7 Å². The van der Waals surface area contributed by atoms with Crippen molar-refractivity contribution in [1.29, 1.82) is 5.26 Å². The first-order valence-corrected chi connectivity index (χ1v) is 9.13. The molecule has 0 spiro atoms. The van der Waals surface area contributed by atoms with Gasteiger partial charge in [-0.3, -0.25) is 4.79 Å². The number of benzene rings is 1. The minimum Gasteiger partial charge on any atom is -0.494 e. The Morgan fingerprint density at radius 1 is 1.20 bits per heavy atom. The van der Waals surface area contributed by atoms with E-state index in [1.165, 1.54) is 0 Å². The van der Waals surface area contributed by atoms with Crippen molar-refractivity contribution in [3.05, 3.63) is 23.8 Å². The van der Waals surface area contributed by atoms with Gasteiger partial charge in [0.15, 0.2) is 0 Å². The molecule has 1 atom stereocenters. The second kappa shape index (κ2) is 10.7. The zero-order valence-corrected chi connectivity index (χ0v) is 15.9. The Balaban J connectivity index is 2.93. The lowest BCUT2D eigenvalue weighted by atomic mass is 9.97. The number of ether oxygens (including phenoxy) is 2. The Bertz CT molecular complexity index is 585. The number of hydrogen-bond donors (Lipinski definition) is 1. The molecular formula is C20H30N2O3. The average Bonchev–Trinajstić information content (AvgIpc) is 2.63. The first-order valence-electron chi connectivity index (χ1n) is 9.13. The highest BCUT2D eigenvalue weighted by molar-refractivity contribution is 5.98. The van der Waals surface area contributed by atoms with E-state index in [9.17, 15) is 10.1 Å². The van der Waals surface area contributed by atoms with E-state index in [-0.39, 0.29) is 5.91 Å². The van der Waals surface area contributed by atoms with Gasteiger partial charge in [0.05, 0.1) is 17.9 Å². The van der Waals surface area contributed by atoms with Gasteiger partial charge < -0.3 is 14.8 Å². The fraction of sp³-hybridized carbons (Fsp3) is 0.600. The molecule has 1 aromatic carbocycles. The molecule has 1 N–H and O–H groups in total. The van der Waals surface area contributed by atoms with E-state index in [1.54, 1.807) is 18.2 Å². The predicted molar refractivity (Wildman–Crippen MR) is 99.7 cm³/mol. The van der Waals surface area contributed by atoms with E-state index < -0.39 is 5.60 Å². The average molecular weight is 346 g/mol. The number of anilines is 1. The molecule has 0 aromatic heterocycles. The summed E-state index contributed by atoms with van der Waals surface area (Å²) < 4.78 is 11.4.